The number of anilines is 2. The quantitative estimate of drug-likeness (QED) is 0.532. The second-order valence-corrected chi connectivity index (χ2v) is 4.24. The van der Waals surface area contributed by atoms with Crippen molar-refractivity contribution in [3.63, 3.8) is 0 Å². The smallest absolute Gasteiger partial charge is 0.160 e. The normalized spacial score (nSPS) is 10.9. The maximum Gasteiger partial charge on any atom is 0.160 e. The Balaban J connectivity index is 1.62. The van der Waals surface area contributed by atoms with Gasteiger partial charge in [-0.15, -0.1) is 0 Å². The third-order valence-corrected chi connectivity index (χ3v) is 2.91. The molecule has 0 aliphatic carbocycles. The Morgan fingerprint density at radius 1 is 1.26 bits per heavy atom. The van der Waals surface area contributed by atoms with Crippen molar-refractivity contribution < 1.29 is 4.63 Å². The van der Waals surface area contributed by atoms with Gasteiger partial charge >= 0.3 is 0 Å². The number of aryl methyl sites for hydroxylation is 1. The Bertz CT molecular complexity index is 660. The zero-order chi connectivity index (χ0) is 13.1. The summed E-state index contributed by atoms with van der Waals surface area (Å²) in [6.07, 6.45) is 6.51. The molecule has 19 heavy (non-hydrogen) atoms. The van der Waals surface area contributed by atoms with Crippen LogP contribution in [0.2, 0.25) is 0 Å². The van der Waals surface area contributed by atoms with Gasteiger partial charge in [-0.1, -0.05) is 0 Å². The number of imidazole rings is 1. The Morgan fingerprint density at radius 3 is 3.00 bits per heavy atom. The van der Waals surface area contributed by atoms with Crippen LogP contribution in [-0.4, -0.2) is 26.4 Å². The average molecular weight is 258 g/mol. The van der Waals surface area contributed by atoms with Gasteiger partial charge in [-0.05, 0) is 28.9 Å². The van der Waals surface area contributed by atoms with E-state index in [2.05, 4.69) is 20.6 Å². The molecule has 3 rings (SSSR count). The molecule has 0 spiro atoms. The van der Waals surface area contributed by atoms with E-state index in [0.717, 1.165) is 25.2 Å². The Labute approximate surface area is 109 Å². The van der Waals surface area contributed by atoms with Crippen molar-refractivity contribution in [1.29, 1.82) is 0 Å². The zero-order valence-corrected chi connectivity index (χ0v) is 10.3. The Morgan fingerprint density at radius 2 is 2.16 bits per heavy atom. The van der Waals surface area contributed by atoms with Gasteiger partial charge in [-0.25, -0.2) is 9.61 Å². The van der Waals surface area contributed by atoms with Gasteiger partial charge in [0.25, 0.3) is 0 Å². The Kier molecular flexibility index (Phi) is 3.01. The predicted octanol–water partition coefficient (Wildman–Crippen LogP) is 1.50. The van der Waals surface area contributed by atoms with Gasteiger partial charge in [0.2, 0.25) is 0 Å². The van der Waals surface area contributed by atoms with Crippen LogP contribution in [0.25, 0.3) is 11.0 Å². The number of aromatic nitrogens is 4. The lowest BCUT2D eigenvalue weighted by Crippen LogP contribution is -2.06. The standard InChI is InChI=1S/C12H14N6O/c13-9-2-3-10(12-11(9)16-19-17-12)15-4-1-6-18-7-5-14-8-18/h2-3,5,7-8,15H,1,4,6,13H2. The maximum atomic E-state index is 5.79. The van der Waals surface area contributed by atoms with Crippen molar-refractivity contribution in [2.24, 2.45) is 0 Å². The third kappa shape index (κ3) is 2.35. The van der Waals surface area contributed by atoms with E-state index in [1.165, 1.54) is 0 Å². The number of hydrogen-bond donors (Lipinski definition) is 2. The Hall–Kier alpha value is -2.57. The van der Waals surface area contributed by atoms with Gasteiger partial charge in [0.1, 0.15) is 0 Å². The summed E-state index contributed by atoms with van der Waals surface area (Å²) in [5.74, 6) is 0. The summed E-state index contributed by atoms with van der Waals surface area (Å²) in [6.45, 7) is 1.74. The monoisotopic (exact) mass is 258 g/mol. The summed E-state index contributed by atoms with van der Waals surface area (Å²) in [6, 6.07) is 3.68. The van der Waals surface area contributed by atoms with E-state index in [1.807, 2.05) is 23.2 Å². The van der Waals surface area contributed by atoms with E-state index in [0.29, 0.717) is 16.7 Å². The van der Waals surface area contributed by atoms with E-state index in [9.17, 15) is 0 Å². The van der Waals surface area contributed by atoms with E-state index in [1.54, 1.807) is 12.3 Å². The van der Waals surface area contributed by atoms with Crippen LogP contribution in [0, 0.1) is 0 Å². The minimum absolute atomic E-state index is 0.570. The van der Waals surface area contributed by atoms with E-state index in [-0.39, 0.29) is 0 Å². The molecule has 0 aliphatic rings. The molecule has 0 atom stereocenters. The molecule has 2 heterocycles. The number of nitrogen functional groups attached to an aromatic ring is 1. The van der Waals surface area contributed by atoms with Crippen LogP contribution >= 0.6 is 0 Å². The number of nitrogens with one attached hydrogen (secondary N) is 1. The first-order valence-electron chi connectivity index (χ1n) is 6.05. The van der Waals surface area contributed by atoms with Crippen LogP contribution in [0.1, 0.15) is 6.42 Å². The molecule has 3 N–H and O–H groups in total. The SMILES string of the molecule is Nc1ccc(NCCCn2ccnc2)c2nonc12. The molecule has 0 fully saturated rings. The highest BCUT2D eigenvalue weighted by molar-refractivity contribution is 5.94. The fraction of sp³-hybridized carbons (Fsp3) is 0.250. The van der Waals surface area contributed by atoms with Crippen LogP contribution in [0.5, 0.6) is 0 Å². The zero-order valence-electron chi connectivity index (χ0n) is 10.3. The summed E-state index contributed by atoms with van der Waals surface area (Å²) in [5.41, 5.74) is 8.51. The fourth-order valence-electron chi connectivity index (χ4n) is 1.93. The lowest BCUT2D eigenvalue weighted by atomic mass is 10.2. The van der Waals surface area contributed by atoms with E-state index in [4.69, 9.17) is 10.4 Å². The number of nitrogens with zero attached hydrogens (tertiary/aromatic N) is 4. The molecule has 0 saturated heterocycles. The second-order valence-electron chi connectivity index (χ2n) is 4.24. The highest BCUT2D eigenvalue weighted by Crippen LogP contribution is 2.24. The lowest BCUT2D eigenvalue weighted by molar-refractivity contribution is 0.316. The molecule has 98 valence electrons. The average Bonchev–Trinajstić information content (AvgIpc) is 3.08. The van der Waals surface area contributed by atoms with Crippen molar-refractivity contribution in [1.82, 2.24) is 19.9 Å². The van der Waals surface area contributed by atoms with Gasteiger partial charge in [0, 0.05) is 25.5 Å². The molecule has 7 nitrogen and oxygen atoms in total. The molecular formula is C12H14N6O. The van der Waals surface area contributed by atoms with Crippen LogP contribution in [0.4, 0.5) is 11.4 Å². The molecular weight excluding hydrogens is 244 g/mol. The van der Waals surface area contributed by atoms with E-state index >= 15 is 0 Å². The number of benzene rings is 1. The second kappa shape index (κ2) is 4.97. The van der Waals surface area contributed by atoms with Crippen LogP contribution < -0.4 is 11.1 Å². The number of hydrogen-bond acceptors (Lipinski definition) is 6. The van der Waals surface area contributed by atoms with E-state index < -0.39 is 0 Å². The summed E-state index contributed by atoms with van der Waals surface area (Å²) in [7, 11) is 0. The molecule has 0 saturated carbocycles. The highest BCUT2D eigenvalue weighted by atomic mass is 16.6. The van der Waals surface area contributed by atoms with Crippen molar-refractivity contribution in [3.8, 4) is 0 Å². The highest BCUT2D eigenvalue weighted by Gasteiger charge is 2.09. The largest absolute Gasteiger partial charge is 0.397 e. The number of rotatable bonds is 5. The molecule has 7 heteroatoms. The molecule has 1 aromatic carbocycles. The molecule has 3 aromatic rings. The molecule has 0 unspecified atom stereocenters. The van der Waals surface area contributed by atoms with Gasteiger partial charge in [0.05, 0.1) is 17.7 Å². The summed E-state index contributed by atoms with van der Waals surface area (Å²) in [4.78, 5) is 4.00. The molecule has 2 aromatic heterocycles. The molecule has 0 amide bonds. The van der Waals surface area contributed by atoms with Gasteiger partial charge < -0.3 is 15.6 Å². The molecule has 0 aliphatic heterocycles. The predicted molar refractivity (Wildman–Crippen MR) is 71.6 cm³/mol. The van der Waals surface area contributed by atoms with Crippen molar-refractivity contribution in [2.75, 3.05) is 17.6 Å². The minimum Gasteiger partial charge on any atom is -0.397 e. The minimum atomic E-state index is 0.570. The lowest BCUT2D eigenvalue weighted by Gasteiger charge is -2.07. The first-order chi connectivity index (χ1) is 9.34. The number of fused-ring (bicyclic) bond motifs is 1. The number of nitrogens with two attached hydrogens (primary N) is 1. The first kappa shape index (κ1) is 11.5. The van der Waals surface area contributed by atoms with Crippen LogP contribution in [-0.2, 0) is 6.54 Å². The van der Waals surface area contributed by atoms with Gasteiger partial charge in [0.15, 0.2) is 11.0 Å². The topological polar surface area (TPSA) is 94.8 Å². The molecule has 0 bridgehead atoms. The summed E-state index contributed by atoms with van der Waals surface area (Å²) < 4.78 is 6.76. The van der Waals surface area contributed by atoms with Crippen molar-refractivity contribution in [2.45, 2.75) is 13.0 Å². The first-order valence-corrected chi connectivity index (χ1v) is 6.05. The summed E-state index contributed by atoms with van der Waals surface area (Å²) >= 11 is 0. The van der Waals surface area contributed by atoms with Gasteiger partial charge in [-0.2, -0.15) is 0 Å². The van der Waals surface area contributed by atoms with Crippen LogP contribution in [0.15, 0.2) is 35.5 Å². The van der Waals surface area contributed by atoms with Crippen molar-refractivity contribution >= 4 is 22.4 Å². The summed E-state index contributed by atoms with van der Waals surface area (Å²) in [5, 5.41) is 11.0. The third-order valence-electron chi connectivity index (χ3n) is 2.91. The maximum absolute atomic E-state index is 5.79. The van der Waals surface area contributed by atoms with Crippen LogP contribution in [0.3, 0.4) is 0 Å². The van der Waals surface area contributed by atoms with Gasteiger partial charge in [-0.3, -0.25) is 0 Å². The van der Waals surface area contributed by atoms with Crippen molar-refractivity contribution in [3.05, 3.63) is 30.9 Å². The molecule has 0 radical (unpaired) electrons. The fourth-order valence-corrected chi connectivity index (χ4v) is 1.93.